The number of sulfonamides is 2. The molecule has 0 saturated heterocycles. The maximum atomic E-state index is 11.5. The Bertz CT molecular complexity index is 706. The van der Waals surface area contributed by atoms with E-state index in [2.05, 4.69) is 4.57 Å². The molecule has 0 aliphatic heterocycles. The summed E-state index contributed by atoms with van der Waals surface area (Å²) in [5, 5.41) is 0. The van der Waals surface area contributed by atoms with E-state index in [4.69, 9.17) is 4.74 Å². The number of aromatic nitrogens is 1. The average Bonchev–Trinajstić information content (AvgIpc) is 2.46. The van der Waals surface area contributed by atoms with Crippen LogP contribution in [-0.4, -0.2) is 41.1 Å². The first-order valence-electron chi connectivity index (χ1n) is 6.57. The summed E-state index contributed by atoms with van der Waals surface area (Å²) < 4.78 is 116. The number of pyridine rings is 1. The fourth-order valence-electron chi connectivity index (χ4n) is 1.14. The van der Waals surface area contributed by atoms with Crippen molar-refractivity contribution in [3.05, 3.63) is 30.6 Å². The van der Waals surface area contributed by atoms with Crippen molar-refractivity contribution in [3.8, 4) is 0 Å². The van der Waals surface area contributed by atoms with Crippen LogP contribution in [0.25, 0.3) is 0 Å². The van der Waals surface area contributed by atoms with Gasteiger partial charge in [0.25, 0.3) is 0 Å². The van der Waals surface area contributed by atoms with Gasteiger partial charge in [-0.25, -0.2) is 21.4 Å². The van der Waals surface area contributed by atoms with Crippen molar-refractivity contribution >= 4 is 20.0 Å². The van der Waals surface area contributed by atoms with E-state index in [0.717, 1.165) is 19.8 Å². The van der Waals surface area contributed by atoms with Crippen LogP contribution in [0.15, 0.2) is 30.6 Å². The van der Waals surface area contributed by atoms with Crippen molar-refractivity contribution in [2.45, 2.75) is 24.5 Å². The second-order valence-corrected chi connectivity index (χ2v) is 7.90. The first kappa shape index (κ1) is 24.6. The Labute approximate surface area is 145 Å². The molecule has 0 aliphatic rings. The SMILES string of the molecule is CCOCC[n+]1ccccc1.O=S(=O)(NS(=O)(=O)C(F)(F)F)C(F)(F)F. The topological polar surface area (TPSA) is 93.4 Å². The van der Waals surface area contributed by atoms with E-state index in [1.807, 2.05) is 37.5 Å². The quantitative estimate of drug-likeness (QED) is 0.415. The van der Waals surface area contributed by atoms with Gasteiger partial charge in [0.2, 0.25) is 0 Å². The third-order valence-electron chi connectivity index (χ3n) is 2.30. The van der Waals surface area contributed by atoms with Gasteiger partial charge >= 0.3 is 31.1 Å². The van der Waals surface area contributed by atoms with Crippen molar-refractivity contribution in [1.29, 1.82) is 0 Å². The number of nitrogens with zero attached hydrogens (tertiary/aromatic N) is 1. The predicted octanol–water partition coefficient (Wildman–Crippen LogP) is 1.29. The lowest BCUT2D eigenvalue weighted by Gasteiger charge is -2.11. The number of alkyl halides is 6. The van der Waals surface area contributed by atoms with Gasteiger partial charge in [-0.15, -0.1) is 0 Å². The Morgan fingerprint density at radius 1 is 0.885 bits per heavy atom. The molecule has 0 aliphatic carbocycles. The molecule has 0 atom stereocenters. The van der Waals surface area contributed by atoms with Gasteiger partial charge in [0.15, 0.2) is 18.9 Å². The molecule has 1 N–H and O–H groups in total. The first-order chi connectivity index (χ1) is 11.6. The molecule has 0 unspecified atom stereocenters. The Morgan fingerprint density at radius 2 is 1.31 bits per heavy atom. The Hall–Kier alpha value is -1.45. The molecule has 0 amide bonds. The van der Waals surface area contributed by atoms with E-state index in [-0.39, 0.29) is 0 Å². The lowest BCUT2D eigenvalue weighted by atomic mass is 10.5. The van der Waals surface area contributed by atoms with Gasteiger partial charge in [0.05, 0.1) is 0 Å². The minimum atomic E-state index is -6.60. The third kappa shape index (κ3) is 8.29. The van der Waals surface area contributed by atoms with Gasteiger partial charge in [0.1, 0.15) is 6.61 Å². The number of halogens is 6. The van der Waals surface area contributed by atoms with Crippen molar-refractivity contribution in [2.24, 2.45) is 0 Å². The van der Waals surface area contributed by atoms with Crippen molar-refractivity contribution in [2.75, 3.05) is 13.2 Å². The average molecular weight is 433 g/mol. The lowest BCUT2D eigenvalue weighted by molar-refractivity contribution is -0.698. The zero-order valence-electron chi connectivity index (χ0n) is 13.1. The van der Waals surface area contributed by atoms with Gasteiger partial charge < -0.3 is 4.74 Å². The van der Waals surface area contributed by atoms with Gasteiger partial charge in [-0.1, -0.05) is 10.2 Å². The molecule has 0 spiro atoms. The maximum absolute atomic E-state index is 11.5. The highest BCUT2D eigenvalue weighted by molar-refractivity contribution is 8.05. The number of hydrogen-bond donors (Lipinski definition) is 1. The molecule has 0 saturated carbocycles. The summed E-state index contributed by atoms with van der Waals surface area (Å²) >= 11 is 0. The van der Waals surface area contributed by atoms with Crippen LogP contribution in [-0.2, 0) is 31.3 Å². The molecule has 1 aromatic heterocycles. The van der Waals surface area contributed by atoms with Gasteiger partial charge in [-0.3, -0.25) is 0 Å². The second-order valence-electron chi connectivity index (χ2n) is 4.29. The van der Waals surface area contributed by atoms with Crippen LogP contribution in [0.4, 0.5) is 26.3 Å². The highest BCUT2D eigenvalue weighted by atomic mass is 32.3. The second kappa shape index (κ2) is 9.48. The number of nitrogens with one attached hydrogen (secondary N) is 1. The summed E-state index contributed by atoms with van der Waals surface area (Å²) in [7, 11) is -13.2. The Kier molecular flexibility index (Phi) is 8.95. The predicted molar refractivity (Wildman–Crippen MR) is 76.2 cm³/mol. The lowest BCUT2D eigenvalue weighted by Crippen LogP contribution is -2.45. The molecule has 26 heavy (non-hydrogen) atoms. The monoisotopic (exact) mass is 433 g/mol. The summed E-state index contributed by atoms with van der Waals surface area (Å²) in [5.41, 5.74) is -12.3. The van der Waals surface area contributed by atoms with Crippen molar-refractivity contribution in [1.82, 2.24) is 4.13 Å². The fraction of sp³-hybridized carbons (Fsp3) is 0.545. The largest absolute Gasteiger partial charge is 0.512 e. The minimum absolute atomic E-state index is 0.493. The molecule has 1 heterocycles. The minimum Gasteiger partial charge on any atom is -0.375 e. The van der Waals surface area contributed by atoms with Gasteiger partial charge in [-0.05, 0) is 6.92 Å². The third-order valence-corrected chi connectivity index (χ3v) is 5.28. The molecule has 7 nitrogen and oxygen atoms in total. The standard InChI is InChI=1S/C9H14NO.C2HF6NO4S2/c1-2-11-9-8-10-6-4-3-5-7-10;3-1(4,5)14(10,11)9-15(12,13)2(6,7)8/h3-7H,2,8-9H2,1H3;9H/q+1;. The van der Waals surface area contributed by atoms with E-state index < -0.39 is 35.2 Å². The summed E-state index contributed by atoms with van der Waals surface area (Å²) in [6.07, 6.45) is 4.08. The normalized spacial score (nSPS) is 13.0. The highest BCUT2D eigenvalue weighted by Crippen LogP contribution is 2.27. The molecule has 0 aromatic carbocycles. The smallest absolute Gasteiger partial charge is 0.375 e. The van der Waals surface area contributed by atoms with E-state index in [1.165, 1.54) is 0 Å². The zero-order valence-corrected chi connectivity index (χ0v) is 14.7. The molecular formula is C11H15F6N2O5S2+. The fourth-order valence-corrected chi connectivity index (χ4v) is 3.05. The van der Waals surface area contributed by atoms with Crippen LogP contribution in [0.2, 0.25) is 0 Å². The van der Waals surface area contributed by atoms with Crippen LogP contribution in [0.3, 0.4) is 0 Å². The molecule has 0 bridgehead atoms. The molecule has 1 aromatic rings. The van der Waals surface area contributed by atoms with Crippen molar-refractivity contribution < 1.29 is 52.5 Å². The molecule has 152 valence electrons. The summed E-state index contributed by atoms with van der Waals surface area (Å²) in [5.74, 6) is 0. The van der Waals surface area contributed by atoms with Crippen LogP contribution >= 0.6 is 0 Å². The zero-order chi connectivity index (χ0) is 20.6. The highest BCUT2D eigenvalue weighted by Gasteiger charge is 2.55. The van der Waals surface area contributed by atoms with Crippen LogP contribution in [0.5, 0.6) is 0 Å². The number of ether oxygens (including phenoxy) is 1. The maximum Gasteiger partial charge on any atom is 0.512 e. The van der Waals surface area contributed by atoms with Crippen LogP contribution < -0.4 is 8.69 Å². The number of hydrogen-bond acceptors (Lipinski definition) is 5. The van der Waals surface area contributed by atoms with Crippen LogP contribution in [0, 0.1) is 0 Å². The molecule has 15 heteroatoms. The Balaban J connectivity index is 0.000000502. The van der Waals surface area contributed by atoms with E-state index in [1.54, 1.807) is 0 Å². The summed E-state index contributed by atoms with van der Waals surface area (Å²) in [4.78, 5) is 0. The van der Waals surface area contributed by atoms with Crippen molar-refractivity contribution in [3.63, 3.8) is 0 Å². The first-order valence-corrected chi connectivity index (χ1v) is 9.53. The number of rotatable bonds is 6. The van der Waals surface area contributed by atoms with E-state index in [9.17, 15) is 43.2 Å². The van der Waals surface area contributed by atoms with Crippen LogP contribution in [0.1, 0.15) is 6.92 Å². The molecule has 0 fully saturated rings. The van der Waals surface area contributed by atoms with Gasteiger partial charge in [-0.2, -0.15) is 26.3 Å². The molecular weight excluding hydrogens is 418 g/mol. The summed E-state index contributed by atoms with van der Waals surface area (Å²) in [6.45, 7) is 4.54. The summed E-state index contributed by atoms with van der Waals surface area (Å²) in [6, 6.07) is 6.05. The molecule has 1 rings (SSSR count). The Morgan fingerprint density at radius 3 is 1.65 bits per heavy atom. The van der Waals surface area contributed by atoms with E-state index in [0.29, 0.717) is 0 Å². The van der Waals surface area contributed by atoms with E-state index >= 15 is 0 Å². The van der Waals surface area contributed by atoms with Gasteiger partial charge in [0, 0.05) is 18.7 Å². The molecule has 0 radical (unpaired) electrons.